The minimum absolute atomic E-state index is 0.109. The molecule has 0 radical (unpaired) electrons. The molecule has 0 aliphatic heterocycles. The van der Waals surface area contributed by atoms with E-state index in [4.69, 9.17) is 4.74 Å². The average molecular weight is 278 g/mol. The van der Waals surface area contributed by atoms with Gasteiger partial charge in [0.1, 0.15) is 12.4 Å². The molecule has 0 amide bonds. The summed E-state index contributed by atoms with van der Waals surface area (Å²) in [5.41, 5.74) is 2.05. The summed E-state index contributed by atoms with van der Waals surface area (Å²) in [6.07, 6.45) is -0.724. The van der Waals surface area contributed by atoms with E-state index in [0.717, 1.165) is 11.1 Å². The third kappa shape index (κ3) is 3.33. The van der Waals surface area contributed by atoms with E-state index in [-0.39, 0.29) is 18.2 Å². The van der Waals surface area contributed by atoms with Crippen LogP contribution in [0.25, 0.3) is 0 Å². The summed E-state index contributed by atoms with van der Waals surface area (Å²) in [5.74, 6) is -0.722. The molecule has 2 aromatic carbocycles. The molecule has 106 valence electrons. The van der Waals surface area contributed by atoms with Crippen molar-refractivity contribution in [2.24, 2.45) is 0 Å². The number of benzene rings is 2. The molecule has 2 aromatic rings. The molecule has 1 N–H and O–H groups in total. The summed E-state index contributed by atoms with van der Waals surface area (Å²) in [5, 5.41) is 9.37. The summed E-state index contributed by atoms with van der Waals surface area (Å²) in [4.78, 5) is 0. The van der Waals surface area contributed by atoms with E-state index in [2.05, 4.69) is 0 Å². The van der Waals surface area contributed by atoms with Gasteiger partial charge in [0.05, 0.1) is 6.10 Å². The van der Waals surface area contributed by atoms with Gasteiger partial charge >= 0.3 is 0 Å². The maximum atomic E-state index is 13.8. The first-order valence-electron chi connectivity index (χ1n) is 6.32. The molecule has 0 aliphatic carbocycles. The monoisotopic (exact) mass is 278 g/mol. The molecule has 2 rings (SSSR count). The first-order chi connectivity index (χ1) is 9.47. The van der Waals surface area contributed by atoms with Gasteiger partial charge in [0.15, 0.2) is 11.6 Å². The normalized spacial score (nSPS) is 12.2. The van der Waals surface area contributed by atoms with Crippen molar-refractivity contribution in [2.75, 3.05) is 0 Å². The zero-order valence-corrected chi connectivity index (χ0v) is 11.4. The highest BCUT2D eigenvalue weighted by Crippen LogP contribution is 2.23. The van der Waals surface area contributed by atoms with Crippen molar-refractivity contribution >= 4 is 0 Å². The van der Waals surface area contributed by atoms with Crippen LogP contribution in [0.5, 0.6) is 5.75 Å². The number of hydrogen-bond acceptors (Lipinski definition) is 2. The van der Waals surface area contributed by atoms with Crippen LogP contribution in [0.3, 0.4) is 0 Å². The lowest BCUT2D eigenvalue weighted by Crippen LogP contribution is -2.01. The number of ether oxygens (including phenoxy) is 1. The van der Waals surface area contributed by atoms with E-state index in [1.165, 1.54) is 24.3 Å². The lowest BCUT2D eigenvalue weighted by atomic mass is 10.1. The Balaban J connectivity index is 2.11. The summed E-state index contributed by atoms with van der Waals surface area (Å²) in [6, 6.07) is 8.71. The molecular formula is C16H16F2O2. The number of aliphatic hydroxyl groups excluding tert-OH is 1. The molecule has 0 heterocycles. The topological polar surface area (TPSA) is 29.5 Å². The second kappa shape index (κ2) is 6.01. The molecule has 20 heavy (non-hydrogen) atoms. The van der Waals surface area contributed by atoms with Crippen LogP contribution < -0.4 is 4.74 Å². The van der Waals surface area contributed by atoms with Crippen LogP contribution in [0.1, 0.15) is 29.7 Å². The van der Waals surface area contributed by atoms with Crippen molar-refractivity contribution in [3.8, 4) is 5.75 Å². The maximum Gasteiger partial charge on any atom is 0.165 e. The highest BCUT2D eigenvalue weighted by molar-refractivity contribution is 5.31. The number of halogens is 2. The van der Waals surface area contributed by atoms with Crippen LogP contribution in [0.4, 0.5) is 8.78 Å². The summed E-state index contributed by atoms with van der Waals surface area (Å²) in [6.45, 7) is 3.50. The quantitative estimate of drug-likeness (QED) is 0.919. The van der Waals surface area contributed by atoms with E-state index in [1.54, 1.807) is 26.0 Å². The Morgan fingerprint density at radius 2 is 1.90 bits per heavy atom. The molecule has 0 saturated carbocycles. The van der Waals surface area contributed by atoms with Gasteiger partial charge in [-0.2, -0.15) is 0 Å². The molecule has 0 aliphatic rings. The van der Waals surface area contributed by atoms with E-state index in [1.807, 2.05) is 0 Å². The van der Waals surface area contributed by atoms with E-state index in [9.17, 15) is 13.9 Å². The van der Waals surface area contributed by atoms with Gasteiger partial charge in [-0.1, -0.05) is 12.1 Å². The van der Waals surface area contributed by atoms with Gasteiger partial charge in [-0.05, 0) is 54.8 Å². The van der Waals surface area contributed by atoms with Crippen LogP contribution >= 0.6 is 0 Å². The van der Waals surface area contributed by atoms with Crippen LogP contribution in [-0.4, -0.2) is 5.11 Å². The van der Waals surface area contributed by atoms with E-state index < -0.39 is 11.9 Å². The number of rotatable bonds is 4. The fraction of sp³-hybridized carbons (Fsp3) is 0.250. The molecule has 1 atom stereocenters. The average Bonchev–Trinajstić information content (AvgIpc) is 2.38. The molecule has 2 nitrogen and oxygen atoms in total. The Morgan fingerprint density at radius 1 is 1.15 bits per heavy atom. The molecule has 0 spiro atoms. The summed E-state index contributed by atoms with van der Waals surface area (Å²) < 4.78 is 32.2. The third-order valence-electron chi connectivity index (χ3n) is 3.13. The van der Waals surface area contributed by atoms with Crippen LogP contribution in [0.2, 0.25) is 0 Å². The highest BCUT2D eigenvalue weighted by Gasteiger charge is 2.09. The van der Waals surface area contributed by atoms with E-state index >= 15 is 0 Å². The van der Waals surface area contributed by atoms with Crippen LogP contribution in [-0.2, 0) is 6.61 Å². The van der Waals surface area contributed by atoms with Gasteiger partial charge in [-0.3, -0.25) is 0 Å². The van der Waals surface area contributed by atoms with Gasteiger partial charge in [-0.15, -0.1) is 0 Å². The SMILES string of the molecule is Cc1cc(F)ccc1COc1ccc(C(C)O)cc1F. The standard InChI is InChI=1S/C16H16F2O2/c1-10-7-14(17)5-3-13(10)9-20-16-6-4-12(11(2)19)8-15(16)18/h3-8,11,19H,9H2,1-2H3. The van der Waals surface area contributed by atoms with Crippen molar-refractivity contribution in [2.45, 2.75) is 26.6 Å². The van der Waals surface area contributed by atoms with Gasteiger partial charge < -0.3 is 9.84 Å². The fourth-order valence-corrected chi connectivity index (χ4v) is 1.87. The van der Waals surface area contributed by atoms with Gasteiger partial charge in [-0.25, -0.2) is 8.78 Å². The van der Waals surface area contributed by atoms with Gasteiger partial charge in [0.25, 0.3) is 0 Å². The number of aryl methyl sites for hydroxylation is 1. The van der Waals surface area contributed by atoms with Crippen molar-refractivity contribution < 1.29 is 18.6 Å². The fourth-order valence-electron chi connectivity index (χ4n) is 1.87. The Kier molecular flexibility index (Phi) is 4.35. The second-order valence-electron chi connectivity index (χ2n) is 4.73. The van der Waals surface area contributed by atoms with Gasteiger partial charge in [0, 0.05) is 0 Å². The molecule has 0 aromatic heterocycles. The molecule has 1 unspecified atom stereocenters. The zero-order valence-electron chi connectivity index (χ0n) is 11.4. The third-order valence-corrected chi connectivity index (χ3v) is 3.13. The predicted molar refractivity (Wildman–Crippen MR) is 72.5 cm³/mol. The minimum atomic E-state index is -0.724. The van der Waals surface area contributed by atoms with Crippen molar-refractivity contribution in [3.63, 3.8) is 0 Å². The molecule has 4 heteroatoms. The largest absolute Gasteiger partial charge is 0.486 e. The Hall–Kier alpha value is -1.94. The van der Waals surface area contributed by atoms with Crippen molar-refractivity contribution in [3.05, 3.63) is 64.7 Å². The van der Waals surface area contributed by atoms with E-state index in [0.29, 0.717) is 5.56 Å². The Bertz CT molecular complexity index is 609. The Labute approximate surface area is 116 Å². The van der Waals surface area contributed by atoms with Crippen LogP contribution in [0.15, 0.2) is 36.4 Å². The van der Waals surface area contributed by atoms with Gasteiger partial charge in [0.2, 0.25) is 0 Å². The van der Waals surface area contributed by atoms with Crippen molar-refractivity contribution in [1.29, 1.82) is 0 Å². The lowest BCUT2D eigenvalue weighted by molar-refractivity contribution is 0.198. The predicted octanol–water partition coefficient (Wildman–Crippen LogP) is 3.91. The number of aliphatic hydroxyl groups is 1. The highest BCUT2D eigenvalue weighted by atomic mass is 19.1. The molecule has 0 bridgehead atoms. The Morgan fingerprint density at radius 3 is 2.50 bits per heavy atom. The van der Waals surface area contributed by atoms with Crippen LogP contribution in [0, 0.1) is 18.6 Å². The zero-order chi connectivity index (χ0) is 14.7. The maximum absolute atomic E-state index is 13.8. The molecule has 0 fully saturated rings. The molecule has 0 saturated heterocycles. The second-order valence-corrected chi connectivity index (χ2v) is 4.73. The molecular weight excluding hydrogens is 262 g/mol. The smallest absolute Gasteiger partial charge is 0.165 e. The summed E-state index contributed by atoms with van der Waals surface area (Å²) >= 11 is 0. The first kappa shape index (κ1) is 14.5. The first-order valence-corrected chi connectivity index (χ1v) is 6.32. The van der Waals surface area contributed by atoms with Crippen molar-refractivity contribution in [1.82, 2.24) is 0 Å². The summed E-state index contributed by atoms with van der Waals surface area (Å²) in [7, 11) is 0. The minimum Gasteiger partial charge on any atom is -0.486 e. The number of hydrogen-bond donors (Lipinski definition) is 1. The lowest BCUT2D eigenvalue weighted by Gasteiger charge is -2.11.